The van der Waals surface area contributed by atoms with Crippen LogP contribution in [0.4, 0.5) is 0 Å². The molecular formula is C16H16N4O2. The van der Waals surface area contributed by atoms with E-state index in [0.717, 1.165) is 5.56 Å². The first-order valence-electron chi connectivity index (χ1n) is 6.90. The van der Waals surface area contributed by atoms with E-state index in [1.807, 2.05) is 13.0 Å². The molecule has 3 aromatic heterocycles. The third-order valence-electron chi connectivity index (χ3n) is 3.59. The Kier molecular flexibility index (Phi) is 3.29. The SMILES string of the molecule is C=CCNC(=O)c1cc2c(=O)n3cc(C)ccc3nc2n1C. The first kappa shape index (κ1) is 14.1. The van der Waals surface area contributed by atoms with Crippen molar-refractivity contribution in [3.63, 3.8) is 0 Å². The quantitative estimate of drug-likeness (QED) is 0.743. The van der Waals surface area contributed by atoms with Gasteiger partial charge in [0.15, 0.2) is 0 Å². The maximum atomic E-state index is 12.6. The van der Waals surface area contributed by atoms with Gasteiger partial charge >= 0.3 is 0 Å². The van der Waals surface area contributed by atoms with E-state index in [2.05, 4.69) is 16.9 Å². The zero-order chi connectivity index (χ0) is 15.9. The summed E-state index contributed by atoms with van der Waals surface area (Å²) in [7, 11) is 1.72. The highest BCUT2D eigenvalue weighted by Crippen LogP contribution is 2.15. The van der Waals surface area contributed by atoms with Gasteiger partial charge in [-0.05, 0) is 24.6 Å². The van der Waals surface area contributed by atoms with Crippen LogP contribution in [0.1, 0.15) is 16.1 Å². The molecule has 0 aliphatic rings. The molecule has 0 fully saturated rings. The van der Waals surface area contributed by atoms with Crippen LogP contribution in [0, 0.1) is 6.92 Å². The number of amides is 1. The second-order valence-electron chi connectivity index (χ2n) is 5.18. The van der Waals surface area contributed by atoms with Crippen molar-refractivity contribution in [2.75, 3.05) is 6.54 Å². The lowest BCUT2D eigenvalue weighted by Gasteiger charge is -2.05. The Morgan fingerprint density at radius 2 is 2.23 bits per heavy atom. The number of aryl methyl sites for hydroxylation is 2. The maximum Gasteiger partial charge on any atom is 0.268 e. The summed E-state index contributed by atoms with van der Waals surface area (Å²) in [6.07, 6.45) is 3.35. The van der Waals surface area contributed by atoms with Crippen LogP contribution in [0.25, 0.3) is 16.7 Å². The third kappa shape index (κ3) is 2.09. The van der Waals surface area contributed by atoms with Gasteiger partial charge in [-0.25, -0.2) is 4.98 Å². The van der Waals surface area contributed by atoms with Gasteiger partial charge in [0.25, 0.3) is 11.5 Å². The molecule has 0 aliphatic heterocycles. The van der Waals surface area contributed by atoms with Crippen LogP contribution >= 0.6 is 0 Å². The van der Waals surface area contributed by atoms with Crippen LogP contribution in [-0.4, -0.2) is 26.4 Å². The Hall–Kier alpha value is -2.89. The molecule has 22 heavy (non-hydrogen) atoms. The summed E-state index contributed by atoms with van der Waals surface area (Å²) >= 11 is 0. The lowest BCUT2D eigenvalue weighted by atomic mass is 10.3. The fraction of sp³-hybridized carbons (Fsp3) is 0.188. The van der Waals surface area contributed by atoms with E-state index in [4.69, 9.17) is 0 Å². The van der Waals surface area contributed by atoms with Gasteiger partial charge in [0.2, 0.25) is 0 Å². The van der Waals surface area contributed by atoms with Crippen molar-refractivity contribution in [3.8, 4) is 0 Å². The van der Waals surface area contributed by atoms with Gasteiger partial charge in [0, 0.05) is 19.8 Å². The Morgan fingerprint density at radius 3 is 2.95 bits per heavy atom. The van der Waals surface area contributed by atoms with Gasteiger partial charge in [-0.3, -0.25) is 14.0 Å². The van der Waals surface area contributed by atoms with Gasteiger partial charge < -0.3 is 9.88 Å². The Balaban J connectivity index is 2.27. The second kappa shape index (κ2) is 5.14. The summed E-state index contributed by atoms with van der Waals surface area (Å²) in [5.74, 6) is -0.259. The Labute approximate surface area is 126 Å². The number of hydrogen-bond acceptors (Lipinski definition) is 3. The van der Waals surface area contributed by atoms with Crippen LogP contribution in [0.5, 0.6) is 0 Å². The smallest absolute Gasteiger partial charge is 0.268 e. The molecule has 3 rings (SSSR count). The van der Waals surface area contributed by atoms with Crippen molar-refractivity contribution >= 4 is 22.6 Å². The van der Waals surface area contributed by atoms with Crippen molar-refractivity contribution < 1.29 is 4.79 Å². The summed E-state index contributed by atoms with van der Waals surface area (Å²) in [5, 5.41) is 3.13. The van der Waals surface area contributed by atoms with Crippen molar-refractivity contribution in [3.05, 3.63) is 58.7 Å². The maximum absolute atomic E-state index is 12.6. The first-order chi connectivity index (χ1) is 10.5. The number of carbonyl (C=O) groups is 1. The lowest BCUT2D eigenvalue weighted by Crippen LogP contribution is -2.25. The zero-order valence-corrected chi connectivity index (χ0v) is 12.5. The molecule has 0 spiro atoms. The second-order valence-corrected chi connectivity index (χ2v) is 5.18. The highest BCUT2D eigenvalue weighted by Gasteiger charge is 2.17. The third-order valence-corrected chi connectivity index (χ3v) is 3.59. The molecule has 0 saturated carbocycles. The van der Waals surface area contributed by atoms with E-state index in [0.29, 0.717) is 28.9 Å². The fourth-order valence-electron chi connectivity index (χ4n) is 2.45. The number of pyridine rings is 1. The van der Waals surface area contributed by atoms with Gasteiger partial charge in [0.1, 0.15) is 17.0 Å². The Bertz CT molecular complexity index is 966. The molecule has 1 N–H and O–H groups in total. The number of nitrogens with zero attached hydrogens (tertiary/aromatic N) is 3. The summed E-state index contributed by atoms with van der Waals surface area (Å²) in [6, 6.07) is 5.27. The van der Waals surface area contributed by atoms with Crippen LogP contribution in [0.3, 0.4) is 0 Å². The predicted octanol–water partition coefficient (Wildman–Crippen LogP) is 1.41. The van der Waals surface area contributed by atoms with Crippen molar-refractivity contribution in [2.24, 2.45) is 7.05 Å². The standard InChI is InChI=1S/C16H16N4O2/c1-4-7-17-15(21)12-8-11-14(19(12)3)18-13-6-5-10(2)9-20(13)16(11)22/h4-6,8-9H,1,7H2,2-3H3,(H,17,21). The molecule has 0 saturated heterocycles. The van der Waals surface area contributed by atoms with Gasteiger partial charge in [-0.1, -0.05) is 12.1 Å². The van der Waals surface area contributed by atoms with Crippen LogP contribution < -0.4 is 10.9 Å². The molecule has 0 aromatic carbocycles. The van der Waals surface area contributed by atoms with E-state index >= 15 is 0 Å². The average molecular weight is 296 g/mol. The molecule has 1 amide bonds. The number of fused-ring (bicyclic) bond motifs is 2. The van der Waals surface area contributed by atoms with E-state index in [1.165, 1.54) is 4.40 Å². The number of hydrogen-bond donors (Lipinski definition) is 1. The number of nitrogens with one attached hydrogen (secondary N) is 1. The fourth-order valence-corrected chi connectivity index (χ4v) is 2.45. The first-order valence-corrected chi connectivity index (χ1v) is 6.90. The minimum atomic E-state index is -0.259. The van der Waals surface area contributed by atoms with E-state index in [1.54, 1.807) is 36.0 Å². The topological polar surface area (TPSA) is 68.4 Å². The van der Waals surface area contributed by atoms with Crippen molar-refractivity contribution in [1.82, 2.24) is 19.3 Å². The Morgan fingerprint density at radius 1 is 1.45 bits per heavy atom. The lowest BCUT2D eigenvalue weighted by molar-refractivity contribution is 0.0950. The molecule has 3 aromatic rings. The van der Waals surface area contributed by atoms with E-state index in [9.17, 15) is 9.59 Å². The summed E-state index contributed by atoms with van der Waals surface area (Å²) in [5.41, 5.74) is 2.24. The van der Waals surface area contributed by atoms with Crippen LogP contribution in [0.2, 0.25) is 0 Å². The monoisotopic (exact) mass is 296 g/mol. The largest absolute Gasteiger partial charge is 0.347 e. The molecule has 0 atom stereocenters. The molecule has 6 heteroatoms. The van der Waals surface area contributed by atoms with Gasteiger partial charge in [-0.2, -0.15) is 0 Å². The summed E-state index contributed by atoms with van der Waals surface area (Å²) in [6.45, 7) is 5.84. The van der Waals surface area contributed by atoms with Gasteiger partial charge in [-0.15, -0.1) is 6.58 Å². The number of rotatable bonds is 3. The minimum Gasteiger partial charge on any atom is -0.347 e. The molecule has 0 aliphatic carbocycles. The van der Waals surface area contributed by atoms with Gasteiger partial charge in [0.05, 0.1) is 5.39 Å². The summed E-state index contributed by atoms with van der Waals surface area (Å²) < 4.78 is 3.14. The predicted molar refractivity (Wildman–Crippen MR) is 85.2 cm³/mol. The van der Waals surface area contributed by atoms with Crippen LogP contribution in [0.15, 0.2) is 41.8 Å². The molecule has 0 bridgehead atoms. The van der Waals surface area contributed by atoms with Crippen molar-refractivity contribution in [1.29, 1.82) is 0 Å². The molecule has 3 heterocycles. The molecule has 0 radical (unpaired) electrons. The molecular weight excluding hydrogens is 280 g/mol. The van der Waals surface area contributed by atoms with E-state index < -0.39 is 0 Å². The minimum absolute atomic E-state index is 0.179. The highest BCUT2D eigenvalue weighted by atomic mass is 16.2. The van der Waals surface area contributed by atoms with Crippen LogP contribution in [-0.2, 0) is 7.05 Å². The number of carbonyl (C=O) groups excluding carboxylic acids is 1. The molecule has 6 nitrogen and oxygen atoms in total. The van der Waals surface area contributed by atoms with Crippen molar-refractivity contribution in [2.45, 2.75) is 6.92 Å². The molecule has 112 valence electrons. The number of aromatic nitrogens is 3. The zero-order valence-electron chi connectivity index (χ0n) is 12.5. The summed E-state index contributed by atoms with van der Waals surface area (Å²) in [4.78, 5) is 29.2. The van der Waals surface area contributed by atoms with E-state index in [-0.39, 0.29) is 11.5 Å². The normalized spacial score (nSPS) is 11.0. The highest BCUT2D eigenvalue weighted by molar-refractivity contribution is 5.98. The average Bonchev–Trinajstić information content (AvgIpc) is 2.83. The molecule has 0 unspecified atom stereocenters.